The number of rotatable bonds is 6. The number of benzene rings is 2. The van der Waals surface area contributed by atoms with Gasteiger partial charge in [0.15, 0.2) is 0 Å². The summed E-state index contributed by atoms with van der Waals surface area (Å²) in [7, 11) is 0. The van der Waals surface area contributed by atoms with Crippen molar-refractivity contribution in [2.45, 2.75) is 23.9 Å². The van der Waals surface area contributed by atoms with E-state index in [4.69, 9.17) is 0 Å². The van der Waals surface area contributed by atoms with E-state index in [0.29, 0.717) is 17.4 Å². The van der Waals surface area contributed by atoms with Crippen LogP contribution in [0.3, 0.4) is 0 Å². The predicted molar refractivity (Wildman–Crippen MR) is 92.7 cm³/mol. The zero-order valence-electron chi connectivity index (χ0n) is 13.5. The number of nitrogens with one attached hydrogen (secondary N) is 1. The predicted octanol–water partition coefficient (Wildman–Crippen LogP) is 2.60. The zero-order valence-corrected chi connectivity index (χ0v) is 14.3. The molecule has 128 valence electrons. The molecule has 0 aliphatic carbocycles. The minimum atomic E-state index is -0.401. The lowest BCUT2D eigenvalue weighted by molar-refractivity contribution is -0.120. The average Bonchev–Trinajstić information content (AvgIpc) is 3.08. The molecule has 1 atom stereocenters. The lowest BCUT2D eigenvalue weighted by Gasteiger charge is -2.11. The van der Waals surface area contributed by atoms with E-state index in [2.05, 4.69) is 20.8 Å². The number of hydrogen-bond acceptors (Lipinski definition) is 5. The van der Waals surface area contributed by atoms with Crippen LogP contribution in [0.15, 0.2) is 59.8 Å². The summed E-state index contributed by atoms with van der Waals surface area (Å²) in [5.74, 6) is -0.500. The summed E-state index contributed by atoms with van der Waals surface area (Å²) >= 11 is 1.21. The highest BCUT2D eigenvalue weighted by Gasteiger charge is 2.19. The molecule has 3 rings (SSSR count). The van der Waals surface area contributed by atoms with Gasteiger partial charge in [-0.1, -0.05) is 48.2 Å². The standard InChI is InChI=1S/C17H16FN5OS/c1-12(16(24)19-11-13-6-3-2-4-7-13)25-17-20-21-22-23(17)15-9-5-8-14(18)10-15/h2-10,12H,11H2,1H3,(H,19,24)/t12-/m0/s1. The monoisotopic (exact) mass is 357 g/mol. The fraction of sp³-hybridized carbons (Fsp3) is 0.176. The van der Waals surface area contributed by atoms with Gasteiger partial charge in [-0.3, -0.25) is 4.79 Å². The maximum absolute atomic E-state index is 13.4. The van der Waals surface area contributed by atoms with Crippen molar-refractivity contribution in [3.05, 3.63) is 66.0 Å². The molecule has 0 aliphatic heterocycles. The second kappa shape index (κ2) is 7.89. The highest BCUT2D eigenvalue weighted by Crippen LogP contribution is 2.23. The average molecular weight is 357 g/mol. The summed E-state index contributed by atoms with van der Waals surface area (Å²) in [6.45, 7) is 2.23. The minimum absolute atomic E-state index is 0.123. The van der Waals surface area contributed by atoms with Crippen molar-refractivity contribution in [2.75, 3.05) is 0 Å². The number of thioether (sulfide) groups is 1. The Hall–Kier alpha value is -2.74. The molecule has 0 saturated heterocycles. The van der Waals surface area contributed by atoms with Crippen molar-refractivity contribution in [1.82, 2.24) is 25.5 Å². The largest absolute Gasteiger partial charge is 0.351 e. The molecule has 0 spiro atoms. The Kier molecular flexibility index (Phi) is 5.39. The lowest BCUT2D eigenvalue weighted by atomic mass is 10.2. The molecule has 1 aromatic heterocycles. The zero-order chi connectivity index (χ0) is 17.6. The van der Waals surface area contributed by atoms with Crippen molar-refractivity contribution < 1.29 is 9.18 Å². The van der Waals surface area contributed by atoms with E-state index in [1.807, 2.05) is 30.3 Å². The van der Waals surface area contributed by atoms with Crippen LogP contribution < -0.4 is 5.32 Å². The van der Waals surface area contributed by atoms with Gasteiger partial charge in [-0.15, -0.1) is 5.10 Å². The summed E-state index contributed by atoms with van der Waals surface area (Å²) in [6, 6.07) is 15.6. The molecular formula is C17H16FN5OS. The van der Waals surface area contributed by atoms with E-state index in [0.717, 1.165) is 5.56 Å². The van der Waals surface area contributed by atoms with Gasteiger partial charge in [0.05, 0.1) is 10.9 Å². The molecular weight excluding hydrogens is 341 g/mol. The van der Waals surface area contributed by atoms with E-state index >= 15 is 0 Å². The number of carbonyl (C=O) groups is 1. The molecule has 1 amide bonds. The van der Waals surface area contributed by atoms with Crippen LogP contribution in [0.25, 0.3) is 5.69 Å². The second-order valence-electron chi connectivity index (χ2n) is 5.32. The topological polar surface area (TPSA) is 72.7 Å². The van der Waals surface area contributed by atoms with Gasteiger partial charge in [0.2, 0.25) is 11.1 Å². The molecule has 2 aromatic carbocycles. The lowest BCUT2D eigenvalue weighted by Crippen LogP contribution is -2.30. The van der Waals surface area contributed by atoms with Gasteiger partial charge in [0, 0.05) is 6.54 Å². The molecule has 0 unspecified atom stereocenters. The van der Waals surface area contributed by atoms with Gasteiger partial charge in [-0.2, -0.15) is 4.68 Å². The minimum Gasteiger partial charge on any atom is -0.351 e. The third-order valence-electron chi connectivity index (χ3n) is 3.45. The van der Waals surface area contributed by atoms with Crippen LogP contribution in [0.2, 0.25) is 0 Å². The van der Waals surface area contributed by atoms with Gasteiger partial charge >= 0.3 is 0 Å². The molecule has 25 heavy (non-hydrogen) atoms. The van der Waals surface area contributed by atoms with Crippen LogP contribution >= 0.6 is 11.8 Å². The Morgan fingerprint density at radius 2 is 2.04 bits per heavy atom. The Morgan fingerprint density at radius 1 is 1.24 bits per heavy atom. The number of amides is 1. The van der Waals surface area contributed by atoms with Crippen LogP contribution in [-0.4, -0.2) is 31.4 Å². The summed E-state index contributed by atoms with van der Waals surface area (Å²) in [5, 5.41) is 14.3. The SMILES string of the molecule is C[C@H](Sc1nnnn1-c1cccc(F)c1)C(=O)NCc1ccccc1. The quantitative estimate of drug-likeness (QED) is 0.687. The summed E-state index contributed by atoms with van der Waals surface area (Å²) in [6.07, 6.45) is 0. The van der Waals surface area contributed by atoms with E-state index in [1.54, 1.807) is 19.1 Å². The first-order chi connectivity index (χ1) is 12.1. The maximum Gasteiger partial charge on any atom is 0.233 e. The van der Waals surface area contributed by atoms with Gasteiger partial charge < -0.3 is 5.32 Å². The smallest absolute Gasteiger partial charge is 0.233 e. The number of aromatic nitrogens is 4. The molecule has 1 N–H and O–H groups in total. The third kappa shape index (κ3) is 4.42. The Labute approximate surface area is 148 Å². The molecule has 0 saturated carbocycles. The normalized spacial score (nSPS) is 11.9. The van der Waals surface area contributed by atoms with Crippen LogP contribution in [0, 0.1) is 5.82 Å². The molecule has 0 fully saturated rings. The fourth-order valence-corrected chi connectivity index (χ4v) is 2.99. The van der Waals surface area contributed by atoms with Crippen LogP contribution in [0.1, 0.15) is 12.5 Å². The Bertz CT molecular complexity index is 855. The van der Waals surface area contributed by atoms with Gasteiger partial charge in [0.25, 0.3) is 0 Å². The first kappa shape index (κ1) is 17.1. The Balaban J connectivity index is 1.64. The third-order valence-corrected chi connectivity index (χ3v) is 4.49. The van der Waals surface area contributed by atoms with Crippen molar-refractivity contribution in [3.8, 4) is 5.69 Å². The molecule has 1 heterocycles. The van der Waals surface area contributed by atoms with E-state index in [1.165, 1.54) is 28.6 Å². The molecule has 6 nitrogen and oxygen atoms in total. The summed E-state index contributed by atoms with van der Waals surface area (Å²) in [5.41, 5.74) is 1.53. The number of carbonyl (C=O) groups excluding carboxylic acids is 1. The van der Waals surface area contributed by atoms with Gasteiger partial charge in [-0.05, 0) is 41.1 Å². The van der Waals surface area contributed by atoms with E-state index < -0.39 is 5.25 Å². The van der Waals surface area contributed by atoms with Crippen LogP contribution in [0.4, 0.5) is 4.39 Å². The van der Waals surface area contributed by atoms with Crippen molar-refractivity contribution in [1.29, 1.82) is 0 Å². The highest BCUT2D eigenvalue weighted by atomic mass is 32.2. The van der Waals surface area contributed by atoms with Gasteiger partial charge in [0.1, 0.15) is 5.82 Å². The summed E-state index contributed by atoms with van der Waals surface area (Å²) in [4.78, 5) is 12.3. The van der Waals surface area contributed by atoms with Crippen LogP contribution in [0.5, 0.6) is 0 Å². The van der Waals surface area contributed by atoms with Crippen LogP contribution in [-0.2, 0) is 11.3 Å². The molecule has 0 aliphatic rings. The first-order valence-corrected chi connectivity index (χ1v) is 8.54. The second-order valence-corrected chi connectivity index (χ2v) is 6.62. The number of tetrazole rings is 1. The molecule has 8 heteroatoms. The molecule has 0 radical (unpaired) electrons. The Morgan fingerprint density at radius 3 is 2.80 bits per heavy atom. The molecule has 0 bridgehead atoms. The fourth-order valence-electron chi connectivity index (χ4n) is 2.16. The van der Waals surface area contributed by atoms with Crippen molar-refractivity contribution in [2.24, 2.45) is 0 Å². The van der Waals surface area contributed by atoms with Gasteiger partial charge in [-0.25, -0.2) is 4.39 Å². The number of nitrogens with zero attached hydrogens (tertiary/aromatic N) is 4. The highest BCUT2D eigenvalue weighted by molar-refractivity contribution is 8.00. The first-order valence-electron chi connectivity index (χ1n) is 7.66. The van der Waals surface area contributed by atoms with Crippen molar-refractivity contribution in [3.63, 3.8) is 0 Å². The number of halogens is 1. The molecule has 3 aromatic rings. The summed E-state index contributed by atoms with van der Waals surface area (Å²) < 4.78 is 14.8. The van der Waals surface area contributed by atoms with E-state index in [-0.39, 0.29) is 11.7 Å². The van der Waals surface area contributed by atoms with Crippen molar-refractivity contribution >= 4 is 17.7 Å². The maximum atomic E-state index is 13.4. The number of hydrogen-bond donors (Lipinski definition) is 1. The van der Waals surface area contributed by atoms with E-state index in [9.17, 15) is 9.18 Å².